The molecule has 1 nitrogen and oxygen atoms in total. The molecule has 0 spiro atoms. The molecule has 0 saturated carbocycles. The second-order valence-corrected chi connectivity index (χ2v) is 3.77. The molecule has 16 heteroatoms. The lowest BCUT2D eigenvalue weighted by atomic mass is 10.1. The first-order valence-corrected chi connectivity index (χ1v) is 7.56. The molecule has 0 aromatic heterocycles. The number of hydrogen-bond donors (Lipinski definition) is 0. The van der Waals surface area contributed by atoms with Gasteiger partial charge in [0, 0.05) is 6.42 Å². The summed E-state index contributed by atoms with van der Waals surface area (Å²) in [7, 11) is 0. The van der Waals surface area contributed by atoms with Gasteiger partial charge in [-0.1, -0.05) is 87.6 Å². The standard InChI is InChI=1S/C7H12F4O.C2H2F4.C2H5F.3CH2F2.10CH4/c1-2-3-6(4-5-8)12-7(9,10)11;3-1-2(4,5)6;1-2-3;3*2-1-3;;;;;;;;;;/h6H,2-5H2,1H3;1H2;2H2,1H3;3*1H2;10*1H4. The van der Waals surface area contributed by atoms with E-state index in [1.54, 1.807) is 6.92 Å². The topological polar surface area (TPSA) is 9.23 Å². The Morgan fingerprint density at radius 2 is 0.700 bits per heavy atom. The molecule has 40 heavy (non-hydrogen) atoms. The Morgan fingerprint density at radius 3 is 0.800 bits per heavy atom. The van der Waals surface area contributed by atoms with E-state index in [-0.39, 0.29) is 93.8 Å². The van der Waals surface area contributed by atoms with Crippen molar-refractivity contribution in [2.75, 3.05) is 40.8 Å². The molecule has 0 fully saturated rings. The maximum atomic E-state index is 11.7. The fourth-order valence-electron chi connectivity index (χ4n) is 0.895. The van der Waals surface area contributed by atoms with E-state index >= 15 is 0 Å². The van der Waals surface area contributed by atoms with Crippen molar-refractivity contribution in [3.05, 3.63) is 0 Å². The third kappa shape index (κ3) is 286. The van der Waals surface area contributed by atoms with Gasteiger partial charge in [0.2, 0.25) is 20.8 Å². The zero-order valence-corrected chi connectivity index (χ0v) is 16.0. The quantitative estimate of drug-likeness (QED) is 0.268. The van der Waals surface area contributed by atoms with E-state index in [0.29, 0.717) is 6.42 Å². The molecule has 0 aromatic rings. The Kier molecular flexibility index (Phi) is 241. The van der Waals surface area contributed by atoms with Crippen LogP contribution in [0.15, 0.2) is 0 Å². The van der Waals surface area contributed by atoms with Crippen LogP contribution in [0.4, 0.5) is 65.9 Å². The monoisotopic (exact) mass is 654 g/mol. The smallest absolute Gasteiger partial charge is 0.288 e. The Balaban J connectivity index is -0.0000000130. The van der Waals surface area contributed by atoms with Gasteiger partial charge in [0.05, 0.1) is 19.5 Å². The van der Waals surface area contributed by atoms with Crippen LogP contribution in [0.3, 0.4) is 0 Å². The second-order valence-electron chi connectivity index (χ2n) is 3.77. The first-order chi connectivity index (χ1) is 13.7. The van der Waals surface area contributed by atoms with E-state index in [1.807, 2.05) is 0 Å². The summed E-state index contributed by atoms with van der Waals surface area (Å²) in [4.78, 5) is 0. The lowest BCUT2D eigenvalue weighted by Gasteiger charge is -2.16. The van der Waals surface area contributed by atoms with Crippen molar-refractivity contribution in [1.29, 1.82) is 0 Å². The molecule has 0 rings (SSSR count). The summed E-state index contributed by atoms with van der Waals surface area (Å²) in [6, 6.07) is 0. The number of ether oxygens (including phenoxy) is 1. The minimum atomic E-state index is -4.64. The van der Waals surface area contributed by atoms with Crippen molar-refractivity contribution < 1.29 is 70.6 Å². The number of hydrogen-bond acceptors (Lipinski definition) is 1. The number of alkyl halides is 15. The summed E-state index contributed by atoms with van der Waals surface area (Å²) >= 11 is 0. The van der Waals surface area contributed by atoms with Gasteiger partial charge >= 0.3 is 12.5 Å². The molecule has 0 bridgehead atoms. The van der Waals surface area contributed by atoms with Gasteiger partial charge in [0.1, 0.15) is 0 Å². The molecule has 0 aliphatic rings. The van der Waals surface area contributed by atoms with E-state index in [0.717, 1.165) is 0 Å². The van der Waals surface area contributed by atoms with Gasteiger partial charge < -0.3 is 0 Å². The summed E-state index contributed by atoms with van der Waals surface area (Å²) in [5.41, 5.74) is 0. The van der Waals surface area contributed by atoms with Crippen LogP contribution >= 0.6 is 0 Å². The zero-order chi connectivity index (χ0) is 25.6. The van der Waals surface area contributed by atoms with Crippen LogP contribution in [-0.2, 0) is 4.74 Å². The Morgan fingerprint density at radius 1 is 0.500 bits per heavy atom. The Labute approximate surface area is 238 Å². The molecule has 0 N–H and O–H groups in total. The van der Waals surface area contributed by atoms with E-state index in [9.17, 15) is 65.9 Å². The van der Waals surface area contributed by atoms with Crippen LogP contribution in [0.25, 0.3) is 0 Å². The summed E-state index contributed by atoms with van der Waals surface area (Å²) in [5, 5.41) is 0. The fraction of sp³-hybridized carbons (Fsp3) is 1.00. The van der Waals surface area contributed by atoms with Crippen LogP contribution in [0, 0.1) is 0 Å². The number of rotatable bonds is 5. The van der Waals surface area contributed by atoms with Crippen molar-refractivity contribution >= 4 is 0 Å². The van der Waals surface area contributed by atoms with Crippen LogP contribution in [0.2, 0.25) is 0 Å². The SMILES string of the molecule is C.C.C.C.C.C.C.C.C.C.CCCC(CCF)OC(F)(F)F.CCF.FCC(F)(F)F.FCF.FCF.FCF. The molecular weight excluding hydrogens is 589 g/mol. The van der Waals surface area contributed by atoms with Gasteiger partial charge in [-0.15, -0.1) is 13.2 Å². The molecule has 1 unspecified atom stereocenters. The van der Waals surface area contributed by atoms with Gasteiger partial charge in [-0.25, -0.2) is 30.7 Å². The van der Waals surface area contributed by atoms with Gasteiger partial charge in [-0.2, -0.15) is 13.2 Å². The summed E-state index contributed by atoms with van der Waals surface area (Å²) in [5.74, 6) is 0. The molecule has 0 heterocycles. The lowest BCUT2D eigenvalue weighted by Crippen LogP contribution is -2.24. The van der Waals surface area contributed by atoms with Crippen LogP contribution in [-0.4, -0.2) is 59.5 Å². The summed E-state index contributed by atoms with van der Waals surface area (Å²) in [6.45, 7) is -5.32. The van der Waals surface area contributed by atoms with Crippen LogP contribution < -0.4 is 0 Å². The van der Waals surface area contributed by atoms with Crippen molar-refractivity contribution in [3.8, 4) is 0 Å². The van der Waals surface area contributed by atoms with E-state index in [4.69, 9.17) is 0 Å². The van der Waals surface area contributed by atoms with Gasteiger partial charge in [0.25, 0.3) is 0 Å². The molecule has 0 aromatic carbocycles. The first kappa shape index (κ1) is 107. The third-order valence-electron chi connectivity index (χ3n) is 1.49. The van der Waals surface area contributed by atoms with E-state index in [1.165, 1.54) is 6.92 Å². The maximum absolute atomic E-state index is 11.7. The minimum Gasteiger partial charge on any atom is -0.288 e. The van der Waals surface area contributed by atoms with Crippen molar-refractivity contribution in [3.63, 3.8) is 0 Å². The molecule has 272 valence electrons. The molecule has 0 saturated heterocycles. The van der Waals surface area contributed by atoms with Gasteiger partial charge in [-0.3, -0.25) is 13.5 Å². The normalized spacial score (nSPS) is 8.03. The maximum Gasteiger partial charge on any atom is 0.522 e. The Hall–Kier alpha value is -1.09. The lowest BCUT2D eigenvalue weighted by molar-refractivity contribution is -0.344. The van der Waals surface area contributed by atoms with Crippen LogP contribution in [0.1, 0.15) is 107 Å². The average Bonchev–Trinajstić information content (AvgIpc) is 2.57. The first-order valence-electron chi connectivity index (χ1n) is 7.56. The van der Waals surface area contributed by atoms with Crippen molar-refractivity contribution in [1.82, 2.24) is 0 Å². The van der Waals surface area contributed by atoms with Gasteiger partial charge in [-0.05, 0) is 13.3 Å². The molecule has 0 amide bonds. The van der Waals surface area contributed by atoms with Crippen LogP contribution in [0.5, 0.6) is 0 Å². The fourth-order valence-corrected chi connectivity index (χ4v) is 0.895. The van der Waals surface area contributed by atoms with E-state index in [2.05, 4.69) is 4.74 Å². The third-order valence-corrected chi connectivity index (χ3v) is 1.49. The molecule has 1 atom stereocenters. The largest absolute Gasteiger partial charge is 0.522 e. The zero-order valence-electron chi connectivity index (χ0n) is 16.0. The highest BCUT2D eigenvalue weighted by molar-refractivity contribution is 4.57. The van der Waals surface area contributed by atoms with Gasteiger partial charge in [0.15, 0.2) is 6.67 Å². The second kappa shape index (κ2) is 90.3. The molecule has 0 aliphatic heterocycles. The summed E-state index contributed by atoms with van der Waals surface area (Å²) < 4.78 is 160. The predicted molar refractivity (Wildman–Crippen MR) is 149 cm³/mol. The number of halogens is 15. The van der Waals surface area contributed by atoms with Crippen molar-refractivity contribution in [2.24, 2.45) is 0 Å². The highest BCUT2D eigenvalue weighted by Gasteiger charge is 2.32. The highest BCUT2D eigenvalue weighted by Crippen LogP contribution is 2.22. The summed E-state index contributed by atoms with van der Waals surface area (Å²) in [6.07, 6.45) is -9.69. The molecule has 0 radical (unpaired) electrons. The van der Waals surface area contributed by atoms with Crippen molar-refractivity contribution in [2.45, 2.75) is 126 Å². The predicted octanol–water partition coefficient (Wildman–Crippen LogP) is 14.6. The minimum absolute atomic E-state index is 0. The van der Waals surface area contributed by atoms with E-state index < -0.39 is 52.8 Å². The molecule has 0 aliphatic carbocycles. The Bertz CT molecular complexity index is 243. The molecular formula is C24H65F15O. The highest BCUT2D eigenvalue weighted by atomic mass is 19.4. The average molecular weight is 655 g/mol.